The molecule has 1 heterocycles. The second-order valence-corrected chi connectivity index (χ2v) is 7.92. The minimum atomic E-state index is -3.42. The SMILES string of the molecule is Cc1ccc(C(C)N(C)S(=O)(=O)CCCC(=O)O)s1. The number of carboxylic acids is 1. The van der Waals surface area contributed by atoms with Gasteiger partial charge in [0.1, 0.15) is 0 Å². The maximum absolute atomic E-state index is 12.1. The van der Waals surface area contributed by atoms with Crippen LogP contribution in [0.5, 0.6) is 0 Å². The summed E-state index contributed by atoms with van der Waals surface area (Å²) in [4.78, 5) is 12.5. The Morgan fingerprint density at radius 1 is 1.47 bits per heavy atom. The highest BCUT2D eigenvalue weighted by Crippen LogP contribution is 2.28. The number of thiophene rings is 1. The normalized spacial score (nSPS) is 13.7. The van der Waals surface area contributed by atoms with Gasteiger partial charge in [0.15, 0.2) is 0 Å². The molecular weight excluding hydrogens is 286 g/mol. The number of aliphatic carboxylic acids is 1. The second-order valence-electron chi connectivity index (χ2n) is 4.45. The Hall–Kier alpha value is -0.920. The van der Waals surface area contributed by atoms with E-state index in [-0.39, 0.29) is 24.6 Å². The van der Waals surface area contributed by atoms with Crippen molar-refractivity contribution in [2.24, 2.45) is 0 Å². The number of carbonyl (C=O) groups is 1. The molecule has 0 radical (unpaired) electrons. The molecule has 1 unspecified atom stereocenters. The molecule has 19 heavy (non-hydrogen) atoms. The van der Waals surface area contributed by atoms with Crippen LogP contribution in [-0.4, -0.2) is 36.6 Å². The number of rotatable bonds is 7. The predicted molar refractivity (Wildman–Crippen MR) is 75.9 cm³/mol. The van der Waals surface area contributed by atoms with Crippen LogP contribution in [0.2, 0.25) is 0 Å². The van der Waals surface area contributed by atoms with Crippen LogP contribution in [0, 0.1) is 6.92 Å². The minimum absolute atomic E-state index is 0.125. The highest BCUT2D eigenvalue weighted by atomic mass is 32.2. The van der Waals surface area contributed by atoms with Crippen LogP contribution in [0.3, 0.4) is 0 Å². The topological polar surface area (TPSA) is 74.7 Å². The Labute approximate surface area is 117 Å². The molecule has 0 spiro atoms. The predicted octanol–water partition coefficient (Wildman–Crippen LogP) is 2.24. The fourth-order valence-electron chi connectivity index (χ4n) is 1.65. The van der Waals surface area contributed by atoms with E-state index in [1.54, 1.807) is 11.3 Å². The molecule has 1 aromatic rings. The van der Waals surface area contributed by atoms with Crippen molar-refractivity contribution in [1.82, 2.24) is 4.31 Å². The molecule has 0 amide bonds. The van der Waals surface area contributed by atoms with E-state index in [4.69, 9.17) is 5.11 Å². The molecule has 0 bridgehead atoms. The van der Waals surface area contributed by atoms with Gasteiger partial charge in [-0.15, -0.1) is 11.3 Å². The molecule has 0 aromatic carbocycles. The summed E-state index contributed by atoms with van der Waals surface area (Å²) < 4.78 is 25.5. The summed E-state index contributed by atoms with van der Waals surface area (Å²) in [6.45, 7) is 3.81. The largest absolute Gasteiger partial charge is 0.481 e. The molecule has 7 heteroatoms. The molecule has 0 aliphatic carbocycles. The van der Waals surface area contributed by atoms with E-state index in [9.17, 15) is 13.2 Å². The summed E-state index contributed by atoms with van der Waals surface area (Å²) in [5, 5.41) is 8.53. The lowest BCUT2D eigenvalue weighted by atomic mass is 10.3. The van der Waals surface area contributed by atoms with Gasteiger partial charge in [-0.3, -0.25) is 4.79 Å². The molecule has 1 atom stereocenters. The number of aryl methyl sites for hydroxylation is 1. The number of sulfonamides is 1. The number of hydrogen-bond acceptors (Lipinski definition) is 4. The highest BCUT2D eigenvalue weighted by Gasteiger charge is 2.25. The zero-order chi connectivity index (χ0) is 14.6. The van der Waals surface area contributed by atoms with Crippen molar-refractivity contribution in [3.8, 4) is 0 Å². The van der Waals surface area contributed by atoms with Crippen LogP contribution in [0.1, 0.15) is 35.6 Å². The van der Waals surface area contributed by atoms with Gasteiger partial charge >= 0.3 is 5.97 Å². The number of carboxylic acid groups (broad SMARTS) is 1. The van der Waals surface area contributed by atoms with Crippen molar-refractivity contribution in [2.45, 2.75) is 32.7 Å². The van der Waals surface area contributed by atoms with E-state index in [1.165, 1.54) is 11.4 Å². The Morgan fingerprint density at radius 3 is 2.58 bits per heavy atom. The Balaban J connectivity index is 2.69. The van der Waals surface area contributed by atoms with Crippen molar-refractivity contribution >= 4 is 27.3 Å². The van der Waals surface area contributed by atoms with Crippen molar-refractivity contribution in [1.29, 1.82) is 0 Å². The molecule has 0 fully saturated rings. The van der Waals surface area contributed by atoms with Crippen molar-refractivity contribution < 1.29 is 18.3 Å². The number of nitrogens with zero attached hydrogens (tertiary/aromatic N) is 1. The molecule has 1 N–H and O–H groups in total. The van der Waals surface area contributed by atoms with Gasteiger partial charge < -0.3 is 5.11 Å². The first-order chi connectivity index (χ1) is 8.74. The molecular formula is C12H19NO4S2. The van der Waals surface area contributed by atoms with Crippen LogP contribution in [0.15, 0.2) is 12.1 Å². The lowest BCUT2D eigenvalue weighted by Gasteiger charge is -2.23. The fraction of sp³-hybridized carbons (Fsp3) is 0.583. The van der Waals surface area contributed by atoms with Gasteiger partial charge in [-0.25, -0.2) is 8.42 Å². The molecule has 0 aliphatic rings. The molecule has 108 valence electrons. The summed E-state index contributed by atoms with van der Waals surface area (Å²) in [6, 6.07) is 3.66. The molecule has 0 aliphatic heterocycles. The first-order valence-electron chi connectivity index (χ1n) is 5.98. The van der Waals surface area contributed by atoms with Crippen molar-refractivity contribution in [3.63, 3.8) is 0 Å². The number of hydrogen-bond donors (Lipinski definition) is 1. The lowest BCUT2D eigenvalue weighted by Crippen LogP contribution is -2.31. The first-order valence-corrected chi connectivity index (χ1v) is 8.40. The van der Waals surface area contributed by atoms with Crippen LogP contribution >= 0.6 is 11.3 Å². The van der Waals surface area contributed by atoms with E-state index in [2.05, 4.69) is 0 Å². The Bertz CT molecular complexity index is 536. The molecule has 0 saturated carbocycles. The van der Waals surface area contributed by atoms with Gasteiger partial charge in [0.05, 0.1) is 11.8 Å². The van der Waals surface area contributed by atoms with Crippen LogP contribution in [-0.2, 0) is 14.8 Å². The zero-order valence-electron chi connectivity index (χ0n) is 11.3. The van der Waals surface area contributed by atoms with E-state index in [1.807, 2.05) is 26.0 Å². The fourth-order valence-corrected chi connectivity index (χ4v) is 4.08. The summed E-state index contributed by atoms with van der Waals surface area (Å²) in [5.41, 5.74) is 0. The molecule has 1 rings (SSSR count). The molecule has 5 nitrogen and oxygen atoms in total. The van der Waals surface area contributed by atoms with Gasteiger partial charge in [-0.2, -0.15) is 4.31 Å². The average molecular weight is 305 g/mol. The Morgan fingerprint density at radius 2 is 2.11 bits per heavy atom. The maximum Gasteiger partial charge on any atom is 0.303 e. The van der Waals surface area contributed by atoms with Crippen LogP contribution in [0.4, 0.5) is 0 Å². The summed E-state index contributed by atoms with van der Waals surface area (Å²) in [7, 11) is -1.88. The first kappa shape index (κ1) is 16.1. The van der Waals surface area contributed by atoms with E-state index in [0.29, 0.717) is 0 Å². The van der Waals surface area contributed by atoms with Gasteiger partial charge in [0, 0.05) is 23.2 Å². The maximum atomic E-state index is 12.1. The van der Waals surface area contributed by atoms with Crippen LogP contribution < -0.4 is 0 Å². The van der Waals surface area contributed by atoms with Crippen molar-refractivity contribution in [3.05, 3.63) is 21.9 Å². The standard InChI is InChI=1S/C12H19NO4S2/c1-9-6-7-11(18-9)10(2)13(3)19(16,17)8-4-5-12(14)15/h6-7,10H,4-5,8H2,1-3H3,(H,14,15). The monoisotopic (exact) mass is 305 g/mol. The third-order valence-electron chi connectivity index (χ3n) is 2.95. The highest BCUT2D eigenvalue weighted by molar-refractivity contribution is 7.89. The quantitative estimate of drug-likeness (QED) is 0.838. The molecule has 1 aromatic heterocycles. The van der Waals surface area contributed by atoms with Crippen LogP contribution in [0.25, 0.3) is 0 Å². The van der Waals surface area contributed by atoms with E-state index < -0.39 is 16.0 Å². The third kappa shape index (κ3) is 4.59. The summed E-state index contributed by atoms with van der Waals surface area (Å²) in [5.74, 6) is -1.11. The second kappa shape index (κ2) is 6.49. The van der Waals surface area contributed by atoms with Gasteiger partial charge in [-0.05, 0) is 32.4 Å². The lowest BCUT2D eigenvalue weighted by molar-refractivity contribution is -0.137. The van der Waals surface area contributed by atoms with Gasteiger partial charge in [-0.1, -0.05) is 0 Å². The Kier molecular flexibility index (Phi) is 5.51. The van der Waals surface area contributed by atoms with E-state index in [0.717, 1.165) is 9.75 Å². The summed E-state index contributed by atoms with van der Waals surface area (Å²) >= 11 is 1.57. The third-order valence-corrected chi connectivity index (χ3v) is 6.12. The zero-order valence-corrected chi connectivity index (χ0v) is 12.9. The molecule has 0 saturated heterocycles. The smallest absolute Gasteiger partial charge is 0.303 e. The minimum Gasteiger partial charge on any atom is -0.481 e. The van der Waals surface area contributed by atoms with Crippen molar-refractivity contribution in [2.75, 3.05) is 12.8 Å². The van der Waals surface area contributed by atoms with Gasteiger partial charge in [0.2, 0.25) is 10.0 Å². The summed E-state index contributed by atoms with van der Waals surface area (Å²) in [6.07, 6.45) is 0.0117. The van der Waals surface area contributed by atoms with E-state index >= 15 is 0 Å². The van der Waals surface area contributed by atoms with Gasteiger partial charge in [0.25, 0.3) is 0 Å². The average Bonchev–Trinajstić information content (AvgIpc) is 2.73.